The zero-order valence-corrected chi connectivity index (χ0v) is 9.01. The summed E-state index contributed by atoms with van der Waals surface area (Å²) in [4.78, 5) is 2.40. The van der Waals surface area contributed by atoms with Crippen molar-refractivity contribution in [3.63, 3.8) is 0 Å². The smallest absolute Gasteiger partial charge is 0.0605 e. The number of nitrogen functional groups attached to an aromatic ring is 1. The van der Waals surface area contributed by atoms with Crippen LogP contribution in [0.25, 0.3) is 0 Å². The Hall–Kier alpha value is -1.18. The van der Waals surface area contributed by atoms with Gasteiger partial charge in [0.2, 0.25) is 0 Å². The molecule has 0 radical (unpaired) electrons. The molecule has 0 amide bonds. The highest BCUT2D eigenvalue weighted by Crippen LogP contribution is 2.30. The molecule has 1 fully saturated rings. The summed E-state index contributed by atoms with van der Waals surface area (Å²) in [7, 11) is 0. The van der Waals surface area contributed by atoms with Crippen molar-refractivity contribution in [3.8, 4) is 0 Å². The minimum Gasteiger partial charge on any atom is -0.397 e. The molecule has 0 bridgehead atoms. The van der Waals surface area contributed by atoms with Gasteiger partial charge in [-0.2, -0.15) is 0 Å². The van der Waals surface area contributed by atoms with Gasteiger partial charge in [-0.25, -0.2) is 0 Å². The van der Waals surface area contributed by atoms with Gasteiger partial charge in [-0.1, -0.05) is 6.07 Å². The van der Waals surface area contributed by atoms with Gasteiger partial charge in [0, 0.05) is 13.1 Å². The van der Waals surface area contributed by atoms with Gasteiger partial charge in [-0.05, 0) is 43.9 Å². The number of nitrogens with two attached hydrogens (primary N) is 1. The third-order valence-corrected chi connectivity index (χ3v) is 2.96. The molecule has 76 valence electrons. The second-order valence-electron chi connectivity index (χ2n) is 4.21. The molecular formula is C12H18N2. The first kappa shape index (κ1) is 9.38. The van der Waals surface area contributed by atoms with Crippen LogP contribution in [0, 0.1) is 13.8 Å². The number of hydrogen-bond acceptors (Lipinski definition) is 2. The number of hydrogen-bond donors (Lipinski definition) is 1. The molecule has 2 N–H and O–H groups in total. The summed E-state index contributed by atoms with van der Waals surface area (Å²) in [6.07, 6.45) is 2.60. The summed E-state index contributed by atoms with van der Waals surface area (Å²) < 4.78 is 0. The Morgan fingerprint density at radius 1 is 1.14 bits per heavy atom. The van der Waals surface area contributed by atoms with Crippen molar-refractivity contribution in [1.29, 1.82) is 0 Å². The molecule has 2 nitrogen and oxygen atoms in total. The van der Waals surface area contributed by atoms with Gasteiger partial charge in [-0.15, -0.1) is 0 Å². The number of nitrogens with zero attached hydrogens (tertiary/aromatic N) is 1. The van der Waals surface area contributed by atoms with Gasteiger partial charge in [0.25, 0.3) is 0 Å². The lowest BCUT2D eigenvalue weighted by Crippen LogP contribution is -2.19. The number of rotatable bonds is 1. The molecule has 1 aliphatic heterocycles. The van der Waals surface area contributed by atoms with Crippen molar-refractivity contribution >= 4 is 11.4 Å². The van der Waals surface area contributed by atoms with Crippen LogP contribution in [-0.2, 0) is 0 Å². The summed E-state index contributed by atoms with van der Waals surface area (Å²) in [5.41, 5.74) is 10.8. The summed E-state index contributed by atoms with van der Waals surface area (Å²) in [6.45, 7) is 6.54. The van der Waals surface area contributed by atoms with E-state index in [9.17, 15) is 0 Å². The second-order valence-corrected chi connectivity index (χ2v) is 4.21. The molecule has 0 atom stereocenters. The fraction of sp³-hybridized carbons (Fsp3) is 0.500. The number of anilines is 2. The van der Waals surface area contributed by atoms with Crippen molar-refractivity contribution in [2.75, 3.05) is 23.7 Å². The van der Waals surface area contributed by atoms with E-state index in [1.165, 1.54) is 29.7 Å². The predicted octanol–water partition coefficient (Wildman–Crippen LogP) is 2.49. The van der Waals surface area contributed by atoms with Crippen LogP contribution in [0.1, 0.15) is 24.0 Å². The highest BCUT2D eigenvalue weighted by Gasteiger charge is 2.15. The molecule has 1 heterocycles. The fourth-order valence-electron chi connectivity index (χ4n) is 2.18. The van der Waals surface area contributed by atoms with E-state index in [0.29, 0.717) is 0 Å². The van der Waals surface area contributed by atoms with Gasteiger partial charge < -0.3 is 10.6 Å². The Bertz CT molecular complexity index is 338. The van der Waals surface area contributed by atoms with Crippen molar-refractivity contribution in [2.45, 2.75) is 26.7 Å². The molecule has 0 spiro atoms. The standard InChI is InChI=1S/C12H18N2/c1-9-7-10(2)12(13)11(8-9)14-5-3-4-6-14/h7-8H,3-6,13H2,1-2H3. The highest BCUT2D eigenvalue weighted by molar-refractivity contribution is 5.72. The quantitative estimate of drug-likeness (QED) is 0.689. The topological polar surface area (TPSA) is 29.3 Å². The van der Waals surface area contributed by atoms with Crippen LogP contribution in [0.3, 0.4) is 0 Å². The maximum absolute atomic E-state index is 6.09. The molecule has 1 aliphatic rings. The normalized spacial score (nSPS) is 16.3. The zero-order valence-electron chi connectivity index (χ0n) is 9.01. The van der Waals surface area contributed by atoms with Gasteiger partial charge >= 0.3 is 0 Å². The van der Waals surface area contributed by atoms with Crippen LogP contribution in [-0.4, -0.2) is 13.1 Å². The van der Waals surface area contributed by atoms with Gasteiger partial charge in [0.05, 0.1) is 11.4 Å². The Morgan fingerprint density at radius 2 is 1.79 bits per heavy atom. The Morgan fingerprint density at radius 3 is 2.43 bits per heavy atom. The highest BCUT2D eigenvalue weighted by atomic mass is 15.1. The Labute approximate surface area is 85.7 Å². The van der Waals surface area contributed by atoms with Crippen molar-refractivity contribution in [1.82, 2.24) is 0 Å². The van der Waals surface area contributed by atoms with Gasteiger partial charge in [-0.3, -0.25) is 0 Å². The van der Waals surface area contributed by atoms with E-state index in [1.807, 2.05) is 0 Å². The van der Waals surface area contributed by atoms with Crippen LogP contribution in [0.2, 0.25) is 0 Å². The average Bonchev–Trinajstić information content (AvgIpc) is 2.63. The minimum atomic E-state index is 0.956. The second kappa shape index (κ2) is 3.52. The van der Waals surface area contributed by atoms with E-state index in [0.717, 1.165) is 18.8 Å². The van der Waals surface area contributed by atoms with E-state index in [-0.39, 0.29) is 0 Å². The van der Waals surface area contributed by atoms with Gasteiger partial charge in [0.1, 0.15) is 0 Å². The van der Waals surface area contributed by atoms with Gasteiger partial charge in [0.15, 0.2) is 0 Å². The molecular weight excluding hydrogens is 172 g/mol. The predicted molar refractivity (Wildman–Crippen MR) is 61.8 cm³/mol. The molecule has 0 unspecified atom stereocenters. The lowest BCUT2D eigenvalue weighted by molar-refractivity contribution is 0.949. The van der Waals surface area contributed by atoms with Crippen molar-refractivity contribution < 1.29 is 0 Å². The van der Waals surface area contributed by atoms with E-state index < -0.39 is 0 Å². The molecule has 2 rings (SSSR count). The maximum Gasteiger partial charge on any atom is 0.0605 e. The monoisotopic (exact) mass is 190 g/mol. The SMILES string of the molecule is Cc1cc(C)c(N)c(N2CCCC2)c1. The summed E-state index contributed by atoms with van der Waals surface area (Å²) in [5.74, 6) is 0. The largest absolute Gasteiger partial charge is 0.397 e. The number of benzene rings is 1. The molecule has 1 saturated heterocycles. The Kier molecular flexibility index (Phi) is 2.36. The summed E-state index contributed by atoms with van der Waals surface area (Å²) in [6, 6.07) is 4.35. The molecule has 1 aromatic carbocycles. The average molecular weight is 190 g/mol. The molecule has 0 aliphatic carbocycles. The molecule has 14 heavy (non-hydrogen) atoms. The summed E-state index contributed by atoms with van der Waals surface area (Å²) >= 11 is 0. The zero-order chi connectivity index (χ0) is 10.1. The fourth-order valence-corrected chi connectivity index (χ4v) is 2.18. The van der Waals surface area contributed by atoms with Crippen LogP contribution in [0.15, 0.2) is 12.1 Å². The molecule has 1 aromatic rings. The van der Waals surface area contributed by atoms with E-state index in [2.05, 4.69) is 30.9 Å². The lowest BCUT2D eigenvalue weighted by atomic mass is 10.1. The minimum absolute atomic E-state index is 0.956. The van der Waals surface area contributed by atoms with Crippen LogP contribution in [0.4, 0.5) is 11.4 Å². The van der Waals surface area contributed by atoms with Crippen LogP contribution < -0.4 is 10.6 Å². The number of aryl methyl sites for hydroxylation is 2. The first-order valence-electron chi connectivity index (χ1n) is 5.30. The van der Waals surface area contributed by atoms with E-state index in [1.54, 1.807) is 0 Å². The third kappa shape index (κ3) is 1.57. The molecule has 0 aromatic heterocycles. The van der Waals surface area contributed by atoms with Crippen molar-refractivity contribution in [3.05, 3.63) is 23.3 Å². The Balaban J connectivity index is 2.40. The summed E-state index contributed by atoms with van der Waals surface area (Å²) in [5, 5.41) is 0. The van der Waals surface area contributed by atoms with Crippen LogP contribution >= 0.6 is 0 Å². The third-order valence-electron chi connectivity index (χ3n) is 2.96. The van der Waals surface area contributed by atoms with Crippen molar-refractivity contribution in [2.24, 2.45) is 0 Å². The first-order chi connectivity index (χ1) is 6.68. The van der Waals surface area contributed by atoms with E-state index >= 15 is 0 Å². The first-order valence-corrected chi connectivity index (χ1v) is 5.30. The lowest BCUT2D eigenvalue weighted by Gasteiger charge is -2.21. The van der Waals surface area contributed by atoms with Crippen LogP contribution in [0.5, 0.6) is 0 Å². The molecule has 0 saturated carbocycles. The maximum atomic E-state index is 6.09. The van der Waals surface area contributed by atoms with E-state index in [4.69, 9.17) is 5.73 Å². The molecule has 2 heteroatoms.